The largest absolute Gasteiger partial charge is 0.345 e. The van der Waals surface area contributed by atoms with E-state index < -0.39 is 5.92 Å². The highest BCUT2D eigenvalue weighted by Gasteiger charge is 2.30. The highest BCUT2D eigenvalue weighted by atomic mass is 16.2. The van der Waals surface area contributed by atoms with E-state index in [1.807, 2.05) is 23.9 Å². The third-order valence-corrected chi connectivity index (χ3v) is 6.64. The second kappa shape index (κ2) is 21.8. The van der Waals surface area contributed by atoms with Crippen LogP contribution in [0.4, 0.5) is 0 Å². The van der Waals surface area contributed by atoms with Crippen molar-refractivity contribution in [1.82, 2.24) is 9.80 Å². The smallest absolute Gasteiger partial charge is 0.234 e. The number of hydrogen-bond donors (Lipinski definition) is 0. The second-order valence-corrected chi connectivity index (χ2v) is 9.81. The van der Waals surface area contributed by atoms with Gasteiger partial charge in [0.1, 0.15) is 5.92 Å². The summed E-state index contributed by atoms with van der Waals surface area (Å²) in [4.78, 5) is 30.1. The molecule has 0 bridgehead atoms. The van der Waals surface area contributed by atoms with E-state index in [0.717, 1.165) is 38.8 Å². The molecule has 0 aliphatic carbocycles. The van der Waals surface area contributed by atoms with Crippen molar-refractivity contribution in [2.75, 3.05) is 27.2 Å². The molecule has 0 radical (unpaired) electrons. The van der Waals surface area contributed by atoms with Crippen molar-refractivity contribution in [3.05, 3.63) is 0 Å². The Morgan fingerprint density at radius 2 is 0.812 bits per heavy atom. The Labute approximate surface area is 200 Å². The van der Waals surface area contributed by atoms with Crippen molar-refractivity contribution in [2.24, 2.45) is 5.92 Å². The van der Waals surface area contributed by atoms with Gasteiger partial charge in [-0.05, 0) is 19.3 Å². The summed E-state index contributed by atoms with van der Waals surface area (Å²) in [6, 6.07) is 0. The molecule has 0 saturated carbocycles. The van der Waals surface area contributed by atoms with Gasteiger partial charge in [0, 0.05) is 27.2 Å². The molecule has 0 aliphatic rings. The van der Waals surface area contributed by atoms with Gasteiger partial charge in [-0.3, -0.25) is 9.59 Å². The van der Waals surface area contributed by atoms with E-state index in [0.29, 0.717) is 6.42 Å². The number of carbonyl (C=O) groups is 2. The van der Waals surface area contributed by atoms with Crippen LogP contribution in [-0.4, -0.2) is 48.8 Å². The molecule has 0 spiro atoms. The summed E-state index contributed by atoms with van der Waals surface area (Å²) >= 11 is 0. The molecule has 0 unspecified atom stereocenters. The molecule has 190 valence electrons. The van der Waals surface area contributed by atoms with Gasteiger partial charge in [-0.2, -0.15) is 0 Å². The summed E-state index contributed by atoms with van der Waals surface area (Å²) in [7, 11) is 3.78. The minimum atomic E-state index is -0.494. The van der Waals surface area contributed by atoms with E-state index in [1.54, 1.807) is 0 Å². The van der Waals surface area contributed by atoms with E-state index in [1.165, 1.54) is 83.5 Å². The van der Waals surface area contributed by atoms with Crippen LogP contribution < -0.4 is 0 Å². The lowest BCUT2D eigenvalue weighted by Crippen LogP contribution is -2.43. The summed E-state index contributed by atoms with van der Waals surface area (Å²) in [6.45, 7) is 8.21. The number of amides is 2. The molecule has 2 amide bonds. The Kier molecular flexibility index (Phi) is 21.0. The zero-order valence-electron chi connectivity index (χ0n) is 22.4. The van der Waals surface area contributed by atoms with Crippen molar-refractivity contribution in [3.63, 3.8) is 0 Å². The summed E-state index contributed by atoms with van der Waals surface area (Å²) < 4.78 is 0. The van der Waals surface area contributed by atoms with Gasteiger partial charge >= 0.3 is 0 Å². The summed E-state index contributed by atoms with van der Waals surface area (Å²) in [5.41, 5.74) is 0. The zero-order chi connectivity index (χ0) is 24.0. The molecule has 0 aromatic rings. The van der Waals surface area contributed by atoms with Crippen molar-refractivity contribution < 1.29 is 9.59 Å². The Balaban J connectivity index is 4.63. The minimum absolute atomic E-state index is 0.0360. The molecule has 32 heavy (non-hydrogen) atoms. The van der Waals surface area contributed by atoms with Crippen molar-refractivity contribution in [2.45, 2.75) is 136 Å². The first-order valence-corrected chi connectivity index (χ1v) is 14.0. The van der Waals surface area contributed by atoms with Crippen molar-refractivity contribution in [1.29, 1.82) is 0 Å². The molecule has 0 saturated heterocycles. The molecule has 0 atom stereocenters. The van der Waals surface area contributed by atoms with E-state index >= 15 is 0 Å². The van der Waals surface area contributed by atoms with E-state index in [2.05, 4.69) is 20.8 Å². The Bertz CT molecular complexity index is 419. The monoisotopic (exact) mass is 452 g/mol. The van der Waals surface area contributed by atoms with Gasteiger partial charge in [0.15, 0.2) is 0 Å². The van der Waals surface area contributed by atoms with Gasteiger partial charge in [0.25, 0.3) is 0 Å². The van der Waals surface area contributed by atoms with Crippen LogP contribution >= 0.6 is 0 Å². The third kappa shape index (κ3) is 15.7. The lowest BCUT2D eigenvalue weighted by Gasteiger charge is -2.27. The first-order valence-electron chi connectivity index (χ1n) is 14.0. The SMILES string of the molecule is CCCCCCCCN(C)C(=O)C(CCCCCCC)C(=O)N(C)CCCCCCCC. The first-order chi connectivity index (χ1) is 15.5. The van der Waals surface area contributed by atoms with Gasteiger partial charge in [-0.25, -0.2) is 0 Å². The van der Waals surface area contributed by atoms with Crippen molar-refractivity contribution in [3.8, 4) is 0 Å². The van der Waals surface area contributed by atoms with E-state index in [9.17, 15) is 9.59 Å². The molecule has 0 aromatic heterocycles. The Morgan fingerprint density at radius 3 is 1.19 bits per heavy atom. The average Bonchev–Trinajstić information content (AvgIpc) is 2.79. The van der Waals surface area contributed by atoms with Crippen LogP contribution in [0.3, 0.4) is 0 Å². The van der Waals surface area contributed by atoms with Gasteiger partial charge in [0.2, 0.25) is 11.8 Å². The van der Waals surface area contributed by atoms with Crippen LogP contribution in [0.25, 0.3) is 0 Å². The molecule has 4 nitrogen and oxygen atoms in total. The van der Waals surface area contributed by atoms with Gasteiger partial charge in [-0.15, -0.1) is 0 Å². The van der Waals surface area contributed by atoms with Gasteiger partial charge < -0.3 is 9.80 Å². The number of carbonyl (C=O) groups excluding carboxylic acids is 2. The molecule has 0 aliphatic heterocycles. The maximum Gasteiger partial charge on any atom is 0.234 e. The molecular formula is C28H56N2O2. The molecular weight excluding hydrogens is 396 g/mol. The van der Waals surface area contributed by atoms with Crippen molar-refractivity contribution >= 4 is 11.8 Å². The number of nitrogens with zero attached hydrogens (tertiary/aromatic N) is 2. The summed E-state index contributed by atoms with van der Waals surface area (Å²) in [6.07, 6.45) is 21.0. The Morgan fingerprint density at radius 1 is 0.500 bits per heavy atom. The van der Waals surface area contributed by atoms with Crippen LogP contribution in [0.1, 0.15) is 136 Å². The van der Waals surface area contributed by atoms with Crippen LogP contribution in [0.15, 0.2) is 0 Å². The summed E-state index contributed by atoms with van der Waals surface area (Å²) in [5.74, 6) is -0.422. The fraction of sp³-hybridized carbons (Fsp3) is 0.929. The summed E-state index contributed by atoms with van der Waals surface area (Å²) in [5, 5.41) is 0. The van der Waals surface area contributed by atoms with E-state index in [4.69, 9.17) is 0 Å². The standard InChI is InChI=1S/C28H56N2O2/c1-6-9-12-15-18-21-24-29(4)27(31)26(23-20-17-14-11-8-3)28(32)30(5)25-22-19-16-13-10-7-2/h26H,6-25H2,1-5H3. The predicted octanol–water partition coefficient (Wildman–Crippen LogP) is 7.60. The lowest BCUT2D eigenvalue weighted by molar-refractivity contribution is -0.146. The fourth-order valence-electron chi connectivity index (χ4n) is 4.32. The maximum atomic E-state index is 13.2. The lowest BCUT2D eigenvalue weighted by atomic mass is 9.97. The third-order valence-electron chi connectivity index (χ3n) is 6.64. The quantitative estimate of drug-likeness (QED) is 0.125. The normalized spacial score (nSPS) is 11.2. The molecule has 0 N–H and O–H groups in total. The molecule has 0 rings (SSSR count). The van der Waals surface area contributed by atoms with Gasteiger partial charge in [0.05, 0.1) is 0 Å². The number of unbranched alkanes of at least 4 members (excludes halogenated alkanes) is 14. The zero-order valence-corrected chi connectivity index (χ0v) is 22.4. The van der Waals surface area contributed by atoms with Crippen LogP contribution in [0, 0.1) is 5.92 Å². The molecule has 0 fully saturated rings. The number of rotatable bonds is 22. The van der Waals surface area contributed by atoms with Gasteiger partial charge in [-0.1, -0.05) is 117 Å². The highest BCUT2D eigenvalue weighted by Crippen LogP contribution is 2.18. The molecule has 4 heteroatoms. The van der Waals surface area contributed by atoms with Crippen LogP contribution in [0.5, 0.6) is 0 Å². The minimum Gasteiger partial charge on any atom is -0.345 e. The highest BCUT2D eigenvalue weighted by molar-refractivity contribution is 6.00. The maximum absolute atomic E-state index is 13.2. The average molecular weight is 453 g/mol. The number of hydrogen-bond acceptors (Lipinski definition) is 2. The van der Waals surface area contributed by atoms with E-state index in [-0.39, 0.29) is 11.8 Å². The van der Waals surface area contributed by atoms with Crippen LogP contribution in [0.2, 0.25) is 0 Å². The topological polar surface area (TPSA) is 40.6 Å². The first kappa shape index (κ1) is 30.9. The molecule has 0 heterocycles. The molecule has 0 aromatic carbocycles. The Hall–Kier alpha value is -1.06. The fourth-order valence-corrected chi connectivity index (χ4v) is 4.32. The second-order valence-electron chi connectivity index (χ2n) is 9.81. The van der Waals surface area contributed by atoms with Crippen LogP contribution in [-0.2, 0) is 9.59 Å². The predicted molar refractivity (Wildman–Crippen MR) is 139 cm³/mol.